The maximum absolute atomic E-state index is 13.4. The van der Waals surface area contributed by atoms with Crippen molar-refractivity contribution in [3.8, 4) is 0 Å². The lowest BCUT2D eigenvalue weighted by molar-refractivity contribution is -0.116. The van der Waals surface area contributed by atoms with Crippen LogP contribution in [0.25, 0.3) is 0 Å². The van der Waals surface area contributed by atoms with Gasteiger partial charge in [0.1, 0.15) is 11.6 Å². The number of furan rings is 1. The molecule has 3 aromatic rings. The molecule has 1 aliphatic heterocycles. The molecule has 4 rings (SSSR count). The fraction of sp³-hybridized carbons (Fsp3) is 0.158. The molecule has 0 bridgehead atoms. The number of carbonyl (C=O) groups is 1. The van der Waals surface area contributed by atoms with Crippen molar-refractivity contribution >= 4 is 27.4 Å². The molecule has 1 aliphatic rings. The first-order chi connectivity index (χ1) is 13.0. The molecular formula is C19H17N3O4S. The lowest BCUT2D eigenvalue weighted by atomic mass is 10.0. The smallest absolute Gasteiger partial charge is 0.265 e. The summed E-state index contributed by atoms with van der Waals surface area (Å²) in [6, 6.07) is 13.3. The number of carbonyl (C=O) groups excluding carboxylic acids is 1. The molecular weight excluding hydrogens is 366 g/mol. The van der Waals surface area contributed by atoms with Crippen molar-refractivity contribution in [3.63, 3.8) is 0 Å². The maximum atomic E-state index is 13.4. The highest BCUT2D eigenvalue weighted by molar-refractivity contribution is 7.92. The van der Waals surface area contributed by atoms with Crippen molar-refractivity contribution in [2.24, 2.45) is 0 Å². The van der Waals surface area contributed by atoms with E-state index in [4.69, 9.17) is 4.42 Å². The Morgan fingerprint density at radius 3 is 2.74 bits per heavy atom. The first kappa shape index (κ1) is 17.3. The van der Waals surface area contributed by atoms with E-state index < -0.39 is 10.0 Å². The standard InChI is InChI=1S/C19H17N3O4S/c23-19-9-6-14-12-16(7-8-17(14)21-19)27(24,25)22(13-15-4-3-11-26-15)18-5-1-2-10-20-18/h1-5,7-8,10-12H,6,9,13H2,(H,21,23). The Hall–Kier alpha value is -3.13. The van der Waals surface area contributed by atoms with Crippen LogP contribution in [0.4, 0.5) is 11.5 Å². The molecule has 0 radical (unpaired) electrons. The third-order valence-corrected chi connectivity index (χ3v) is 6.09. The third-order valence-electron chi connectivity index (χ3n) is 4.34. The van der Waals surface area contributed by atoms with E-state index in [1.165, 1.54) is 16.6 Å². The van der Waals surface area contributed by atoms with Crippen LogP contribution in [0, 0.1) is 0 Å². The topological polar surface area (TPSA) is 92.5 Å². The average Bonchev–Trinajstić information content (AvgIpc) is 3.19. The molecule has 8 heteroatoms. The zero-order valence-electron chi connectivity index (χ0n) is 14.3. The Kier molecular flexibility index (Phi) is 4.41. The van der Waals surface area contributed by atoms with Gasteiger partial charge in [0.15, 0.2) is 0 Å². The number of pyridine rings is 1. The number of hydrogen-bond donors (Lipinski definition) is 1. The van der Waals surface area contributed by atoms with Crippen LogP contribution in [0.15, 0.2) is 70.3 Å². The molecule has 0 saturated heterocycles. The van der Waals surface area contributed by atoms with E-state index in [1.807, 2.05) is 0 Å². The van der Waals surface area contributed by atoms with E-state index in [1.54, 1.807) is 48.7 Å². The highest BCUT2D eigenvalue weighted by Crippen LogP contribution is 2.29. The van der Waals surface area contributed by atoms with Crippen LogP contribution in [-0.2, 0) is 27.8 Å². The molecule has 0 atom stereocenters. The number of anilines is 2. The Morgan fingerprint density at radius 1 is 1.11 bits per heavy atom. The molecule has 1 N–H and O–H groups in total. The van der Waals surface area contributed by atoms with Crippen LogP contribution in [0.2, 0.25) is 0 Å². The quantitative estimate of drug-likeness (QED) is 0.731. The summed E-state index contributed by atoms with van der Waals surface area (Å²) in [6.45, 7) is 0.0279. The van der Waals surface area contributed by atoms with E-state index >= 15 is 0 Å². The summed E-state index contributed by atoms with van der Waals surface area (Å²) < 4.78 is 33.3. The molecule has 3 heterocycles. The van der Waals surface area contributed by atoms with Gasteiger partial charge in [-0.05, 0) is 54.4 Å². The van der Waals surface area contributed by atoms with E-state index in [-0.39, 0.29) is 17.3 Å². The van der Waals surface area contributed by atoms with Crippen molar-refractivity contribution in [1.29, 1.82) is 0 Å². The summed E-state index contributed by atoms with van der Waals surface area (Å²) in [7, 11) is -3.88. The summed E-state index contributed by atoms with van der Waals surface area (Å²) >= 11 is 0. The molecule has 1 amide bonds. The highest BCUT2D eigenvalue weighted by atomic mass is 32.2. The largest absolute Gasteiger partial charge is 0.467 e. The number of nitrogens with one attached hydrogen (secondary N) is 1. The summed E-state index contributed by atoms with van der Waals surface area (Å²) in [5.74, 6) is 0.750. The van der Waals surface area contributed by atoms with Crippen LogP contribution < -0.4 is 9.62 Å². The third kappa shape index (κ3) is 3.43. The second kappa shape index (κ2) is 6.88. The molecule has 138 valence electrons. The maximum Gasteiger partial charge on any atom is 0.265 e. The van der Waals surface area contributed by atoms with Gasteiger partial charge >= 0.3 is 0 Å². The van der Waals surface area contributed by atoms with Gasteiger partial charge in [-0.3, -0.25) is 4.79 Å². The van der Waals surface area contributed by atoms with E-state index in [2.05, 4.69) is 10.3 Å². The fourth-order valence-electron chi connectivity index (χ4n) is 2.98. The van der Waals surface area contributed by atoms with Gasteiger partial charge in [0.25, 0.3) is 10.0 Å². The predicted molar refractivity (Wildman–Crippen MR) is 99.7 cm³/mol. The lowest BCUT2D eigenvalue weighted by Gasteiger charge is -2.24. The van der Waals surface area contributed by atoms with Gasteiger partial charge in [-0.1, -0.05) is 6.07 Å². The number of aromatic nitrogens is 1. The monoisotopic (exact) mass is 383 g/mol. The average molecular weight is 383 g/mol. The van der Waals surface area contributed by atoms with Crippen molar-refractivity contribution in [2.75, 3.05) is 9.62 Å². The van der Waals surface area contributed by atoms with E-state index in [0.29, 0.717) is 30.1 Å². The number of sulfonamides is 1. The van der Waals surface area contributed by atoms with Crippen molar-refractivity contribution < 1.29 is 17.6 Å². The molecule has 27 heavy (non-hydrogen) atoms. The lowest BCUT2D eigenvalue weighted by Crippen LogP contribution is -2.31. The van der Waals surface area contributed by atoms with Crippen molar-refractivity contribution in [3.05, 3.63) is 72.3 Å². The van der Waals surface area contributed by atoms with Crippen LogP contribution in [0.3, 0.4) is 0 Å². The first-order valence-electron chi connectivity index (χ1n) is 8.43. The zero-order chi connectivity index (χ0) is 18.9. The molecule has 0 unspecified atom stereocenters. The molecule has 0 spiro atoms. The van der Waals surface area contributed by atoms with Gasteiger partial charge in [-0.2, -0.15) is 0 Å². The Balaban J connectivity index is 1.75. The molecule has 0 saturated carbocycles. The van der Waals surface area contributed by atoms with Gasteiger partial charge < -0.3 is 9.73 Å². The minimum absolute atomic E-state index is 0.0279. The molecule has 2 aromatic heterocycles. The Morgan fingerprint density at radius 2 is 2.00 bits per heavy atom. The SMILES string of the molecule is O=C1CCc2cc(S(=O)(=O)N(Cc3ccco3)c3ccccn3)ccc2N1. The summed E-state index contributed by atoms with van der Waals surface area (Å²) in [5.41, 5.74) is 1.45. The van der Waals surface area contributed by atoms with E-state index in [0.717, 1.165) is 5.56 Å². The van der Waals surface area contributed by atoms with Gasteiger partial charge in [-0.25, -0.2) is 17.7 Å². The minimum Gasteiger partial charge on any atom is -0.467 e. The van der Waals surface area contributed by atoms with Gasteiger partial charge in [0.05, 0.1) is 17.7 Å². The number of hydrogen-bond acceptors (Lipinski definition) is 5. The summed E-state index contributed by atoms with van der Waals surface area (Å²) in [5, 5.41) is 2.76. The van der Waals surface area contributed by atoms with Crippen LogP contribution in [0.5, 0.6) is 0 Å². The number of fused-ring (bicyclic) bond motifs is 1. The number of benzene rings is 1. The van der Waals surface area contributed by atoms with Gasteiger partial charge in [0, 0.05) is 18.3 Å². The first-order valence-corrected chi connectivity index (χ1v) is 9.87. The van der Waals surface area contributed by atoms with Gasteiger partial charge in [-0.15, -0.1) is 0 Å². The number of rotatable bonds is 5. The second-order valence-corrected chi connectivity index (χ2v) is 8.01. The number of aryl methyl sites for hydroxylation is 1. The van der Waals surface area contributed by atoms with Crippen molar-refractivity contribution in [1.82, 2.24) is 4.98 Å². The van der Waals surface area contributed by atoms with Gasteiger partial charge in [0.2, 0.25) is 5.91 Å². The summed E-state index contributed by atoms with van der Waals surface area (Å²) in [6.07, 6.45) is 3.89. The molecule has 0 fully saturated rings. The molecule has 1 aromatic carbocycles. The van der Waals surface area contributed by atoms with E-state index in [9.17, 15) is 13.2 Å². The van der Waals surface area contributed by atoms with Crippen LogP contribution in [0.1, 0.15) is 17.7 Å². The van der Waals surface area contributed by atoms with Crippen LogP contribution >= 0.6 is 0 Å². The highest BCUT2D eigenvalue weighted by Gasteiger charge is 2.28. The molecule has 7 nitrogen and oxygen atoms in total. The minimum atomic E-state index is -3.88. The van der Waals surface area contributed by atoms with Crippen LogP contribution in [-0.4, -0.2) is 19.3 Å². The normalized spacial score (nSPS) is 13.7. The second-order valence-electron chi connectivity index (χ2n) is 6.15. The molecule has 0 aliphatic carbocycles. The Bertz CT molecular complexity index is 1060. The predicted octanol–water partition coefficient (Wildman–Crippen LogP) is 2.95. The van der Waals surface area contributed by atoms with Crippen molar-refractivity contribution in [2.45, 2.75) is 24.3 Å². The fourth-order valence-corrected chi connectivity index (χ4v) is 4.42. The number of nitrogens with zero attached hydrogens (tertiary/aromatic N) is 2. The summed E-state index contributed by atoms with van der Waals surface area (Å²) in [4.78, 5) is 15.9. The zero-order valence-corrected chi connectivity index (χ0v) is 15.1. The number of amides is 1. The Labute approximate surface area is 156 Å².